The Morgan fingerprint density at radius 2 is 1.90 bits per heavy atom. The molecule has 160 valence electrons. The summed E-state index contributed by atoms with van der Waals surface area (Å²) < 4.78 is 6.10. The number of carbonyl (C=O) groups is 2. The van der Waals surface area contributed by atoms with Crippen LogP contribution in [0.15, 0.2) is 48.8 Å². The lowest BCUT2D eigenvalue weighted by Crippen LogP contribution is -2.61. The smallest absolute Gasteiger partial charge is 0.256 e. The maximum absolute atomic E-state index is 13.2. The van der Waals surface area contributed by atoms with E-state index in [2.05, 4.69) is 4.98 Å². The van der Waals surface area contributed by atoms with E-state index in [1.165, 1.54) is 0 Å². The van der Waals surface area contributed by atoms with Crippen molar-refractivity contribution in [1.29, 1.82) is 0 Å². The minimum absolute atomic E-state index is 0.0798. The van der Waals surface area contributed by atoms with Crippen LogP contribution < -0.4 is 0 Å². The zero-order valence-electron chi connectivity index (χ0n) is 18.3. The number of pyridine rings is 1. The molecule has 1 fully saturated rings. The standard InChI is InChI=1S/C24H31N3O3/c1-18(2)14-22(28)27-12-13-30-24(17-27,23(29)26(3)4)15-19-7-9-20(10-8-19)21-6-5-11-25-16-21/h5-11,16,18H,12-15,17H2,1-4H3/t24-/m1/s1. The third kappa shape index (κ3) is 5.05. The molecule has 2 amide bonds. The molecule has 2 heterocycles. The molecule has 0 unspecified atom stereocenters. The Kier molecular flexibility index (Phi) is 6.87. The molecule has 1 aromatic heterocycles. The Bertz CT molecular complexity index is 865. The van der Waals surface area contributed by atoms with Gasteiger partial charge in [0.25, 0.3) is 5.91 Å². The van der Waals surface area contributed by atoms with E-state index in [-0.39, 0.29) is 24.3 Å². The van der Waals surface area contributed by atoms with Crippen LogP contribution in [-0.4, -0.2) is 66.0 Å². The van der Waals surface area contributed by atoms with E-state index in [1.807, 2.05) is 56.4 Å². The Hall–Kier alpha value is -2.73. The van der Waals surface area contributed by atoms with Crippen molar-refractivity contribution in [3.05, 3.63) is 54.4 Å². The van der Waals surface area contributed by atoms with Crippen molar-refractivity contribution in [2.75, 3.05) is 33.8 Å². The van der Waals surface area contributed by atoms with Gasteiger partial charge in [0, 0.05) is 45.9 Å². The highest BCUT2D eigenvalue weighted by atomic mass is 16.5. The number of hydrogen-bond donors (Lipinski definition) is 0. The van der Waals surface area contributed by atoms with Gasteiger partial charge in [-0.1, -0.05) is 44.2 Å². The summed E-state index contributed by atoms with van der Waals surface area (Å²) in [5.74, 6) is 0.247. The number of amides is 2. The molecule has 1 saturated heterocycles. The van der Waals surface area contributed by atoms with Gasteiger partial charge >= 0.3 is 0 Å². The van der Waals surface area contributed by atoms with Gasteiger partial charge in [-0.3, -0.25) is 14.6 Å². The van der Waals surface area contributed by atoms with Gasteiger partial charge in [0.05, 0.1) is 13.2 Å². The summed E-state index contributed by atoms with van der Waals surface area (Å²) in [6.45, 7) is 5.21. The molecule has 1 atom stereocenters. The first-order valence-electron chi connectivity index (χ1n) is 10.4. The van der Waals surface area contributed by atoms with Crippen LogP contribution in [0.3, 0.4) is 0 Å². The zero-order chi connectivity index (χ0) is 21.7. The summed E-state index contributed by atoms with van der Waals surface area (Å²) in [6.07, 6.45) is 4.48. The van der Waals surface area contributed by atoms with Crippen LogP contribution in [0.1, 0.15) is 25.8 Å². The van der Waals surface area contributed by atoms with E-state index in [0.29, 0.717) is 26.0 Å². The number of nitrogens with zero attached hydrogens (tertiary/aromatic N) is 3. The molecule has 3 rings (SSSR count). The topological polar surface area (TPSA) is 62.7 Å². The fourth-order valence-corrected chi connectivity index (χ4v) is 3.87. The molecular formula is C24H31N3O3. The quantitative estimate of drug-likeness (QED) is 0.736. The molecule has 0 saturated carbocycles. The number of ether oxygens (including phenoxy) is 1. The molecule has 0 radical (unpaired) electrons. The van der Waals surface area contributed by atoms with Crippen molar-refractivity contribution in [3.8, 4) is 11.1 Å². The summed E-state index contributed by atoms with van der Waals surface area (Å²) >= 11 is 0. The van der Waals surface area contributed by atoms with Gasteiger partial charge in [-0.05, 0) is 28.7 Å². The Balaban J connectivity index is 1.83. The fraction of sp³-hybridized carbons (Fsp3) is 0.458. The fourth-order valence-electron chi connectivity index (χ4n) is 3.87. The zero-order valence-corrected chi connectivity index (χ0v) is 18.3. The second-order valence-electron chi connectivity index (χ2n) is 8.57. The molecule has 0 N–H and O–H groups in total. The van der Waals surface area contributed by atoms with Crippen molar-refractivity contribution in [3.63, 3.8) is 0 Å². The summed E-state index contributed by atoms with van der Waals surface area (Å²) in [5, 5.41) is 0. The normalized spacial score (nSPS) is 19.0. The van der Waals surface area contributed by atoms with Crippen LogP contribution in [-0.2, 0) is 20.7 Å². The predicted molar refractivity (Wildman–Crippen MR) is 117 cm³/mol. The molecule has 1 aliphatic heterocycles. The largest absolute Gasteiger partial charge is 0.361 e. The van der Waals surface area contributed by atoms with Crippen LogP contribution in [0.4, 0.5) is 0 Å². The van der Waals surface area contributed by atoms with Crippen LogP contribution in [0.25, 0.3) is 11.1 Å². The highest BCUT2D eigenvalue weighted by Crippen LogP contribution is 2.28. The Morgan fingerprint density at radius 1 is 1.17 bits per heavy atom. The predicted octanol–water partition coefficient (Wildman–Crippen LogP) is 3.02. The number of rotatable bonds is 6. The lowest BCUT2D eigenvalue weighted by atomic mass is 9.89. The molecule has 0 spiro atoms. The molecular weight excluding hydrogens is 378 g/mol. The Morgan fingerprint density at radius 3 is 2.50 bits per heavy atom. The van der Waals surface area contributed by atoms with Gasteiger partial charge in [0.2, 0.25) is 5.91 Å². The van der Waals surface area contributed by atoms with E-state index in [4.69, 9.17) is 4.74 Å². The SMILES string of the molecule is CC(C)CC(=O)N1CCO[C@@](Cc2ccc(-c3cccnc3)cc2)(C(=O)N(C)C)C1. The third-order valence-electron chi connectivity index (χ3n) is 5.36. The van der Waals surface area contributed by atoms with E-state index >= 15 is 0 Å². The minimum Gasteiger partial charge on any atom is -0.361 e. The molecule has 0 bridgehead atoms. The van der Waals surface area contributed by atoms with E-state index < -0.39 is 5.60 Å². The van der Waals surface area contributed by atoms with Crippen molar-refractivity contribution >= 4 is 11.8 Å². The van der Waals surface area contributed by atoms with Gasteiger partial charge in [-0.15, -0.1) is 0 Å². The molecule has 6 nitrogen and oxygen atoms in total. The first kappa shape index (κ1) is 22.0. The molecule has 30 heavy (non-hydrogen) atoms. The summed E-state index contributed by atoms with van der Waals surface area (Å²) in [7, 11) is 3.46. The van der Waals surface area contributed by atoms with E-state index in [0.717, 1.165) is 16.7 Å². The summed E-state index contributed by atoms with van der Waals surface area (Å²) in [5.41, 5.74) is 2.04. The highest BCUT2D eigenvalue weighted by molar-refractivity contribution is 5.87. The number of hydrogen-bond acceptors (Lipinski definition) is 4. The van der Waals surface area contributed by atoms with Gasteiger partial charge in [0.1, 0.15) is 0 Å². The maximum atomic E-state index is 13.2. The van der Waals surface area contributed by atoms with E-state index in [9.17, 15) is 9.59 Å². The van der Waals surface area contributed by atoms with Crippen molar-refractivity contribution in [1.82, 2.24) is 14.8 Å². The summed E-state index contributed by atoms with van der Waals surface area (Å²) in [4.78, 5) is 33.4. The average Bonchev–Trinajstić information content (AvgIpc) is 2.74. The van der Waals surface area contributed by atoms with Gasteiger partial charge in [0.15, 0.2) is 5.60 Å². The number of aromatic nitrogens is 1. The van der Waals surface area contributed by atoms with Gasteiger partial charge in [-0.2, -0.15) is 0 Å². The van der Waals surface area contributed by atoms with Crippen molar-refractivity contribution < 1.29 is 14.3 Å². The third-order valence-corrected chi connectivity index (χ3v) is 5.36. The highest BCUT2D eigenvalue weighted by Gasteiger charge is 2.45. The lowest BCUT2D eigenvalue weighted by molar-refractivity contribution is -0.172. The van der Waals surface area contributed by atoms with E-state index in [1.54, 1.807) is 30.1 Å². The number of benzene rings is 1. The number of carbonyl (C=O) groups excluding carboxylic acids is 2. The molecule has 0 aliphatic carbocycles. The number of likely N-dealkylation sites (N-methyl/N-ethyl adjacent to an activating group) is 1. The molecule has 6 heteroatoms. The second-order valence-corrected chi connectivity index (χ2v) is 8.57. The van der Waals surface area contributed by atoms with Gasteiger partial charge < -0.3 is 14.5 Å². The van der Waals surface area contributed by atoms with Crippen LogP contribution >= 0.6 is 0 Å². The molecule has 1 aromatic carbocycles. The minimum atomic E-state index is -1.07. The van der Waals surface area contributed by atoms with Crippen molar-refractivity contribution in [2.45, 2.75) is 32.3 Å². The van der Waals surface area contributed by atoms with Crippen LogP contribution in [0.2, 0.25) is 0 Å². The van der Waals surface area contributed by atoms with Crippen LogP contribution in [0, 0.1) is 5.92 Å². The average molecular weight is 410 g/mol. The monoisotopic (exact) mass is 409 g/mol. The molecule has 1 aliphatic rings. The Labute approximate surface area is 178 Å². The first-order valence-corrected chi connectivity index (χ1v) is 10.4. The van der Waals surface area contributed by atoms with Crippen molar-refractivity contribution in [2.24, 2.45) is 5.92 Å². The maximum Gasteiger partial charge on any atom is 0.256 e. The summed E-state index contributed by atoms with van der Waals surface area (Å²) in [6, 6.07) is 12.0. The van der Waals surface area contributed by atoms with Gasteiger partial charge in [-0.25, -0.2) is 0 Å². The first-order chi connectivity index (χ1) is 14.3. The molecule has 2 aromatic rings. The van der Waals surface area contributed by atoms with Crippen LogP contribution in [0.5, 0.6) is 0 Å². The number of morpholine rings is 1. The second kappa shape index (κ2) is 9.39. The lowest BCUT2D eigenvalue weighted by Gasteiger charge is -2.43.